The topological polar surface area (TPSA) is 96.4 Å². The van der Waals surface area contributed by atoms with Crippen molar-refractivity contribution in [1.82, 2.24) is 9.80 Å². The van der Waals surface area contributed by atoms with Crippen LogP contribution in [0.4, 0.5) is 0 Å². The van der Waals surface area contributed by atoms with Crippen LogP contribution in [0.25, 0.3) is 0 Å². The van der Waals surface area contributed by atoms with Crippen molar-refractivity contribution in [3.63, 3.8) is 0 Å². The number of cyclic esters (lactones) is 2. The van der Waals surface area contributed by atoms with Crippen LogP contribution in [0.15, 0.2) is 23.4 Å². The number of likely N-dealkylation sites (tertiary alicyclic amines) is 2. The van der Waals surface area contributed by atoms with Crippen LogP contribution in [-0.2, 0) is 25.7 Å². The van der Waals surface area contributed by atoms with Gasteiger partial charge in [-0.25, -0.2) is 9.59 Å². The highest BCUT2D eigenvalue weighted by atomic mass is 16.5. The molecule has 32 heavy (non-hydrogen) atoms. The number of carbonyl (C=O) groups excluding carboxylic acids is 3. The molecule has 170 valence electrons. The number of rotatable bonds is 4. The van der Waals surface area contributed by atoms with E-state index in [0.717, 1.165) is 42.6 Å². The molecule has 8 nitrogen and oxygen atoms in total. The average Bonchev–Trinajstić information content (AvgIpc) is 3.41. The number of amides is 1. The van der Waals surface area contributed by atoms with Gasteiger partial charge in [0.15, 0.2) is 0 Å². The molecule has 0 radical (unpaired) electrons. The van der Waals surface area contributed by atoms with Crippen LogP contribution >= 0.6 is 0 Å². The maximum Gasteiger partial charge on any atom is 0.338 e. The lowest BCUT2D eigenvalue weighted by Crippen LogP contribution is -2.43. The first kappa shape index (κ1) is 21.2. The summed E-state index contributed by atoms with van der Waals surface area (Å²) in [5.41, 5.74) is 4.37. The van der Waals surface area contributed by atoms with Crippen LogP contribution in [0.1, 0.15) is 59.3 Å². The summed E-state index contributed by atoms with van der Waals surface area (Å²) in [5.74, 6) is -0.572. The molecular formula is C24H28N2O6. The van der Waals surface area contributed by atoms with Crippen LogP contribution in [0.5, 0.6) is 0 Å². The lowest BCUT2D eigenvalue weighted by molar-refractivity contribution is -0.136. The normalized spacial score (nSPS) is 23.7. The van der Waals surface area contributed by atoms with Crippen LogP contribution in [0.2, 0.25) is 0 Å². The Hall–Kier alpha value is -2.71. The van der Waals surface area contributed by atoms with E-state index in [9.17, 15) is 19.5 Å². The summed E-state index contributed by atoms with van der Waals surface area (Å²) in [5, 5.41) is 10.9. The van der Waals surface area contributed by atoms with Crippen molar-refractivity contribution >= 4 is 17.8 Å². The molecule has 0 unspecified atom stereocenters. The summed E-state index contributed by atoms with van der Waals surface area (Å²) < 4.78 is 10.2. The van der Waals surface area contributed by atoms with Crippen LogP contribution in [-0.4, -0.2) is 65.5 Å². The number of hydrogen-bond donors (Lipinski definition) is 1. The SMILES string of the molecule is CC1=C(N2CC3(CCN(C[C@H](O)c4ccc5c(c4C)COC5=O)CC3)CC2=O)COC1=O. The Kier molecular flexibility index (Phi) is 5.09. The highest BCUT2D eigenvalue weighted by molar-refractivity contribution is 5.94. The third-order valence-electron chi connectivity index (χ3n) is 7.64. The summed E-state index contributed by atoms with van der Waals surface area (Å²) in [7, 11) is 0. The van der Waals surface area contributed by atoms with Gasteiger partial charge in [-0.15, -0.1) is 0 Å². The number of fused-ring (bicyclic) bond motifs is 1. The van der Waals surface area contributed by atoms with Crippen LogP contribution in [0.3, 0.4) is 0 Å². The minimum Gasteiger partial charge on any atom is -0.457 e. The van der Waals surface area contributed by atoms with E-state index in [1.54, 1.807) is 17.9 Å². The fourth-order valence-electron chi connectivity index (χ4n) is 5.51. The quantitative estimate of drug-likeness (QED) is 0.714. The molecular weight excluding hydrogens is 412 g/mol. The first-order valence-corrected chi connectivity index (χ1v) is 11.2. The van der Waals surface area contributed by atoms with Gasteiger partial charge in [0.1, 0.15) is 13.2 Å². The number of ether oxygens (including phenoxy) is 2. The summed E-state index contributed by atoms with van der Waals surface area (Å²) >= 11 is 0. The zero-order chi connectivity index (χ0) is 22.6. The zero-order valence-corrected chi connectivity index (χ0v) is 18.5. The second-order valence-electron chi connectivity index (χ2n) is 9.50. The van der Waals surface area contributed by atoms with Gasteiger partial charge < -0.3 is 24.4 Å². The van der Waals surface area contributed by atoms with Crippen LogP contribution in [0, 0.1) is 12.3 Å². The van der Waals surface area contributed by atoms with E-state index in [1.807, 2.05) is 13.0 Å². The first-order valence-electron chi connectivity index (χ1n) is 11.2. The van der Waals surface area contributed by atoms with Gasteiger partial charge >= 0.3 is 11.9 Å². The second kappa shape index (κ2) is 7.71. The number of hydrogen-bond acceptors (Lipinski definition) is 7. The summed E-state index contributed by atoms with van der Waals surface area (Å²) in [4.78, 5) is 40.2. The Morgan fingerprint density at radius 1 is 1.06 bits per heavy atom. The van der Waals surface area contributed by atoms with Gasteiger partial charge in [0, 0.05) is 25.1 Å². The molecule has 4 aliphatic rings. The molecule has 2 saturated heterocycles. The third-order valence-corrected chi connectivity index (χ3v) is 7.64. The number of nitrogens with zero attached hydrogens (tertiary/aromatic N) is 2. The molecule has 2 fully saturated rings. The highest BCUT2D eigenvalue weighted by Crippen LogP contribution is 2.43. The van der Waals surface area contributed by atoms with Gasteiger partial charge in [-0.2, -0.15) is 0 Å². The predicted octanol–water partition coefficient (Wildman–Crippen LogP) is 1.84. The lowest BCUT2D eigenvalue weighted by atomic mass is 9.77. The van der Waals surface area contributed by atoms with Gasteiger partial charge in [0.05, 0.1) is 22.9 Å². The number of carbonyl (C=O) groups is 3. The highest BCUT2D eigenvalue weighted by Gasteiger charge is 2.47. The average molecular weight is 440 g/mol. The molecule has 4 heterocycles. The van der Waals surface area contributed by atoms with E-state index in [4.69, 9.17) is 9.47 Å². The molecule has 1 aromatic carbocycles. The molecule has 5 rings (SSSR count). The lowest BCUT2D eigenvalue weighted by Gasteiger charge is -2.39. The fourth-order valence-corrected chi connectivity index (χ4v) is 5.51. The van der Waals surface area contributed by atoms with Gasteiger partial charge in [0.2, 0.25) is 5.91 Å². The van der Waals surface area contributed by atoms with Gasteiger partial charge in [-0.3, -0.25) is 4.79 Å². The van der Waals surface area contributed by atoms with E-state index in [0.29, 0.717) is 36.3 Å². The standard InChI is InChI=1S/C24H28N2O6/c1-14-16(3-4-17-18(14)11-31-23(17)30)20(27)10-25-7-5-24(6-8-25)9-21(28)26(13-24)19-12-32-22(29)15(19)2/h3-4,20,27H,5-13H2,1-2H3/t20-/m0/s1. The largest absolute Gasteiger partial charge is 0.457 e. The second-order valence-corrected chi connectivity index (χ2v) is 9.50. The monoisotopic (exact) mass is 440 g/mol. The van der Waals surface area contributed by atoms with Crippen molar-refractivity contribution in [3.8, 4) is 0 Å². The van der Waals surface area contributed by atoms with Gasteiger partial charge in [-0.05, 0) is 62.4 Å². The van der Waals surface area contributed by atoms with Crippen molar-refractivity contribution in [1.29, 1.82) is 0 Å². The fraction of sp³-hybridized carbons (Fsp3) is 0.542. The Bertz CT molecular complexity index is 1040. The molecule has 1 amide bonds. The maximum atomic E-state index is 12.7. The zero-order valence-electron chi connectivity index (χ0n) is 18.5. The number of aliphatic hydroxyl groups is 1. The van der Waals surface area contributed by atoms with E-state index < -0.39 is 6.10 Å². The van der Waals surface area contributed by atoms with Crippen LogP contribution < -0.4 is 0 Å². The molecule has 1 spiro atoms. The molecule has 0 aromatic heterocycles. The molecule has 1 aromatic rings. The van der Waals surface area contributed by atoms with Gasteiger partial charge in [-0.1, -0.05) is 6.07 Å². The molecule has 0 bridgehead atoms. The van der Waals surface area contributed by atoms with E-state index in [2.05, 4.69) is 4.90 Å². The number of benzene rings is 1. The van der Waals surface area contributed by atoms with E-state index in [1.165, 1.54) is 0 Å². The van der Waals surface area contributed by atoms with E-state index in [-0.39, 0.29) is 36.5 Å². The number of aliphatic hydroxyl groups excluding tert-OH is 1. The minimum absolute atomic E-state index is 0.0664. The molecule has 0 saturated carbocycles. The van der Waals surface area contributed by atoms with Crippen molar-refractivity contribution in [2.24, 2.45) is 5.41 Å². The Morgan fingerprint density at radius 2 is 1.78 bits per heavy atom. The molecule has 1 N–H and O–H groups in total. The van der Waals surface area contributed by atoms with Crippen molar-refractivity contribution < 1.29 is 29.0 Å². The molecule has 0 aliphatic carbocycles. The Morgan fingerprint density at radius 3 is 2.47 bits per heavy atom. The van der Waals surface area contributed by atoms with Crippen molar-refractivity contribution in [2.75, 3.05) is 32.8 Å². The van der Waals surface area contributed by atoms with Crippen molar-refractivity contribution in [3.05, 3.63) is 45.7 Å². The number of β-amino-alcohol motifs (C(OH)–C–C–N with tert-alkyl or cyclic N) is 1. The minimum atomic E-state index is -0.652. The van der Waals surface area contributed by atoms with Crippen molar-refractivity contribution in [2.45, 2.75) is 45.8 Å². The van der Waals surface area contributed by atoms with Gasteiger partial charge in [0.25, 0.3) is 0 Å². The summed E-state index contributed by atoms with van der Waals surface area (Å²) in [6.45, 7) is 6.84. The Labute approximate surface area is 186 Å². The smallest absolute Gasteiger partial charge is 0.338 e. The Balaban J connectivity index is 1.22. The number of piperidine rings is 1. The molecule has 1 atom stereocenters. The molecule has 8 heteroatoms. The first-order chi connectivity index (χ1) is 15.3. The summed E-state index contributed by atoms with van der Waals surface area (Å²) in [6, 6.07) is 3.57. The predicted molar refractivity (Wildman–Crippen MR) is 113 cm³/mol. The maximum absolute atomic E-state index is 12.7. The van der Waals surface area contributed by atoms with E-state index >= 15 is 0 Å². The third kappa shape index (κ3) is 3.42. The summed E-state index contributed by atoms with van der Waals surface area (Å²) in [6.07, 6.45) is 1.58. The number of esters is 2. The molecule has 4 aliphatic heterocycles.